The SMILES string of the molecule is N#Cc1c(-c2ccc(-n3c4ccccc4c4ccccc43)cc2)c(-n2c3ccccc3c3ccccc32)c(C#N)c(-c2ccc(-n3c4ccccc4c4ccccc43)cc2)c1-n1c2ccccc2c2ccccc21. The van der Waals surface area contributed by atoms with E-state index in [2.05, 4.69) is 273 Å². The molecule has 6 nitrogen and oxygen atoms in total. The predicted molar refractivity (Wildman–Crippen MR) is 304 cm³/mol. The zero-order valence-electron chi connectivity index (χ0n) is 39.8. The maximum atomic E-state index is 12.2. The lowest BCUT2D eigenvalue weighted by Gasteiger charge is -2.25. The van der Waals surface area contributed by atoms with Gasteiger partial charge in [0, 0.05) is 65.6 Å². The van der Waals surface area contributed by atoms with Gasteiger partial charge in [0.05, 0.1) is 66.6 Å². The molecule has 15 rings (SSSR count). The molecule has 0 aliphatic rings. The minimum absolute atomic E-state index is 0.457. The predicted octanol–water partition coefficient (Wildman–Crippen LogP) is 17.2. The lowest BCUT2D eigenvalue weighted by Crippen LogP contribution is -2.11. The molecule has 0 fully saturated rings. The molecule has 0 N–H and O–H groups in total. The van der Waals surface area contributed by atoms with Gasteiger partial charge < -0.3 is 18.3 Å². The number of para-hydroxylation sites is 8. The summed E-state index contributed by atoms with van der Waals surface area (Å²) in [7, 11) is 0. The number of benzene rings is 11. The Morgan fingerprint density at radius 1 is 0.230 bits per heavy atom. The first-order chi connectivity index (χ1) is 36.7. The molecule has 15 aromatic rings. The largest absolute Gasteiger partial charge is 0.309 e. The molecule has 74 heavy (non-hydrogen) atoms. The average molecular weight is 941 g/mol. The Labute approximate surface area is 424 Å². The number of fused-ring (bicyclic) bond motifs is 12. The molecule has 0 amide bonds. The quantitative estimate of drug-likeness (QED) is 0.167. The first kappa shape index (κ1) is 41.4. The van der Waals surface area contributed by atoms with Crippen molar-refractivity contribution in [1.82, 2.24) is 18.3 Å². The van der Waals surface area contributed by atoms with E-state index in [1.54, 1.807) is 0 Å². The summed E-state index contributed by atoms with van der Waals surface area (Å²) in [5.74, 6) is 0. The van der Waals surface area contributed by atoms with E-state index in [4.69, 9.17) is 0 Å². The smallest absolute Gasteiger partial charge is 0.102 e. The fraction of sp³-hybridized carbons (Fsp3) is 0. The van der Waals surface area contributed by atoms with Crippen LogP contribution in [0.25, 0.3) is 132 Å². The van der Waals surface area contributed by atoms with Crippen molar-refractivity contribution in [1.29, 1.82) is 10.5 Å². The highest BCUT2D eigenvalue weighted by molar-refractivity contribution is 6.14. The van der Waals surface area contributed by atoms with Crippen molar-refractivity contribution < 1.29 is 0 Å². The highest BCUT2D eigenvalue weighted by Crippen LogP contribution is 2.49. The van der Waals surface area contributed by atoms with Crippen LogP contribution in [0.1, 0.15) is 11.1 Å². The number of nitriles is 2. The van der Waals surface area contributed by atoms with Crippen LogP contribution in [0.4, 0.5) is 0 Å². The molecule has 6 heteroatoms. The van der Waals surface area contributed by atoms with Crippen LogP contribution < -0.4 is 0 Å². The first-order valence-corrected chi connectivity index (χ1v) is 24.9. The van der Waals surface area contributed by atoms with Crippen LogP contribution in [0.15, 0.2) is 243 Å². The highest BCUT2D eigenvalue weighted by Gasteiger charge is 2.32. The Bertz CT molecular complexity index is 4380. The first-order valence-electron chi connectivity index (χ1n) is 24.9. The molecule has 0 spiro atoms. The zero-order chi connectivity index (χ0) is 49.0. The molecule has 0 aliphatic carbocycles. The van der Waals surface area contributed by atoms with Crippen molar-refractivity contribution in [3.63, 3.8) is 0 Å². The van der Waals surface area contributed by atoms with E-state index in [1.807, 2.05) is 0 Å². The van der Waals surface area contributed by atoms with Gasteiger partial charge in [-0.1, -0.05) is 170 Å². The number of rotatable bonds is 6. The molecule has 0 saturated carbocycles. The maximum Gasteiger partial charge on any atom is 0.102 e. The third-order valence-electron chi connectivity index (χ3n) is 15.3. The van der Waals surface area contributed by atoms with E-state index in [0.29, 0.717) is 33.6 Å². The van der Waals surface area contributed by atoms with Crippen LogP contribution in [0.2, 0.25) is 0 Å². The summed E-state index contributed by atoms with van der Waals surface area (Å²) in [4.78, 5) is 0. The standard InChI is InChI=1S/C68H40N6/c69-41-55-65(43-33-37-45(38-34-43)71-57-25-9-1-17-47(57)48-18-2-10-26-58(48)71)67(73-61-29-13-5-21-51(61)52-22-6-14-30-62(52)73)56(42-70)66(68(55)74-63-31-15-7-23-53(63)54-24-8-16-32-64(54)74)44-35-39-46(40-36-44)72-59-27-11-3-19-49(59)50-20-4-12-28-60(50)72/h1-40H. The van der Waals surface area contributed by atoms with E-state index < -0.39 is 0 Å². The molecule has 11 aromatic carbocycles. The Hall–Kier alpha value is -10.4. The molecule has 0 saturated heterocycles. The molecule has 0 radical (unpaired) electrons. The normalized spacial score (nSPS) is 11.8. The number of aromatic nitrogens is 4. The van der Waals surface area contributed by atoms with Crippen molar-refractivity contribution in [3.05, 3.63) is 254 Å². The molecule has 0 aliphatic heterocycles. The van der Waals surface area contributed by atoms with Crippen LogP contribution in [-0.2, 0) is 0 Å². The Morgan fingerprint density at radius 3 is 0.649 bits per heavy atom. The number of hydrogen-bond acceptors (Lipinski definition) is 2. The average Bonchev–Trinajstić information content (AvgIpc) is 4.20. The summed E-state index contributed by atoms with van der Waals surface area (Å²) in [6.07, 6.45) is 0. The molecule has 342 valence electrons. The van der Waals surface area contributed by atoms with Gasteiger partial charge in [-0.2, -0.15) is 10.5 Å². The van der Waals surface area contributed by atoms with Crippen molar-refractivity contribution in [3.8, 4) is 57.1 Å². The topological polar surface area (TPSA) is 67.3 Å². The lowest BCUT2D eigenvalue weighted by atomic mass is 9.86. The molecule has 4 heterocycles. The van der Waals surface area contributed by atoms with Gasteiger partial charge in [-0.3, -0.25) is 0 Å². The van der Waals surface area contributed by atoms with Gasteiger partial charge in [-0.15, -0.1) is 0 Å². The van der Waals surface area contributed by atoms with Crippen molar-refractivity contribution in [2.24, 2.45) is 0 Å². The van der Waals surface area contributed by atoms with Gasteiger partial charge in [-0.25, -0.2) is 0 Å². The summed E-state index contributed by atoms with van der Waals surface area (Å²) in [6.45, 7) is 0. The van der Waals surface area contributed by atoms with Gasteiger partial charge in [-0.05, 0) is 83.9 Å². The molecule has 4 aromatic heterocycles. The van der Waals surface area contributed by atoms with Crippen molar-refractivity contribution in [2.75, 3.05) is 0 Å². The third-order valence-corrected chi connectivity index (χ3v) is 15.3. The Morgan fingerprint density at radius 2 is 0.432 bits per heavy atom. The van der Waals surface area contributed by atoms with Crippen LogP contribution in [0.5, 0.6) is 0 Å². The number of nitrogens with zero attached hydrogens (tertiary/aromatic N) is 6. The summed E-state index contributed by atoms with van der Waals surface area (Å²) >= 11 is 0. The molecule has 0 unspecified atom stereocenters. The maximum absolute atomic E-state index is 12.2. The van der Waals surface area contributed by atoms with Gasteiger partial charge >= 0.3 is 0 Å². The van der Waals surface area contributed by atoms with Gasteiger partial charge in [0.2, 0.25) is 0 Å². The monoisotopic (exact) mass is 940 g/mol. The highest BCUT2D eigenvalue weighted by atomic mass is 15.0. The summed E-state index contributed by atoms with van der Waals surface area (Å²) in [5, 5.41) is 33.4. The molecule has 0 atom stereocenters. The Balaban J connectivity index is 1.08. The zero-order valence-corrected chi connectivity index (χ0v) is 39.8. The van der Waals surface area contributed by atoms with Crippen LogP contribution in [0, 0.1) is 22.7 Å². The second-order valence-electron chi connectivity index (χ2n) is 19.0. The second-order valence-corrected chi connectivity index (χ2v) is 19.0. The lowest BCUT2D eigenvalue weighted by molar-refractivity contribution is 1.13. The number of hydrogen-bond donors (Lipinski definition) is 0. The van der Waals surface area contributed by atoms with Gasteiger partial charge in [0.1, 0.15) is 12.1 Å². The molecule has 0 bridgehead atoms. The van der Waals surface area contributed by atoms with E-state index in [-0.39, 0.29) is 0 Å². The summed E-state index contributed by atoms with van der Waals surface area (Å²) < 4.78 is 9.07. The minimum atomic E-state index is 0.457. The van der Waals surface area contributed by atoms with Crippen LogP contribution >= 0.6 is 0 Å². The van der Waals surface area contributed by atoms with E-state index in [1.165, 1.54) is 21.5 Å². The van der Waals surface area contributed by atoms with E-state index in [0.717, 1.165) is 88.2 Å². The van der Waals surface area contributed by atoms with Gasteiger partial charge in [0.25, 0.3) is 0 Å². The van der Waals surface area contributed by atoms with Crippen molar-refractivity contribution in [2.45, 2.75) is 0 Å². The van der Waals surface area contributed by atoms with Crippen LogP contribution in [-0.4, -0.2) is 18.3 Å². The summed E-state index contributed by atoms with van der Waals surface area (Å²) in [5.41, 5.74) is 15.4. The summed E-state index contributed by atoms with van der Waals surface area (Å²) in [6, 6.07) is 90.5. The Kier molecular flexibility index (Phi) is 8.99. The van der Waals surface area contributed by atoms with Crippen LogP contribution in [0.3, 0.4) is 0 Å². The fourth-order valence-electron chi connectivity index (χ4n) is 12.2. The van der Waals surface area contributed by atoms with Gasteiger partial charge in [0.15, 0.2) is 0 Å². The minimum Gasteiger partial charge on any atom is -0.309 e. The van der Waals surface area contributed by atoms with E-state index in [9.17, 15) is 10.5 Å². The second kappa shape index (κ2) is 16.1. The molecular formula is C68H40N6. The third kappa shape index (κ3) is 5.79. The van der Waals surface area contributed by atoms with E-state index >= 15 is 0 Å². The van der Waals surface area contributed by atoms with Crippen molar-refractivity contribution >= 4 is 87.2 Å². The fourth-order valence-corrected chi connectivity index (χ4v) is 12.2. The molecular weight excluding hydrogens is 901 g/mol.